The van der Waals surface area contributed by atoms with Crippen molar-refractivity contribution in [3.05, 3.63) is 90.8 Å². The summed E-state index contributed by atoms with van der Waals surface area (Å²) >= 11 is 0. The Morgan fingerprint density at radius 1 is 1.05 bits per heavy atom. The van der Waals surface area contributed by atoms with Crippen molar-refractivity contribution < 1.29 is 23.1 Å². The average Bonchev–Trinajstić information content (AvgIpc) is 2.95. The molecule has 2 heterocycles. The first-order valence-electron chi connectivity index (χ1n) is 13.0. The third kappa shape index (κ3) is 5.89. The Kier molecular flexibility index (Phi) is 7.92. The van der Waals surface area contributed by atoms with Gasteiger partial charge in [0.25, 0.3) is 0 Å². The molecule has 3 N–H and O–H groups in total. The van der Waals surface area contributed by atoms with Gasteiger partial charge in [-0.15, -0.1) is 0 Å². The molecule has 6 rings (SSSR count). The molecule has 10 heteroatoms. The zero-order chi connectivity index (χ0) is 28.3. The second kappa shape index (κ2) is 11.5. The first kappa shape index (κ1) is 27.4. The number of carbonyl (C=O) groups is 2. The number of rotatable bonds is 7. The lowest BCUT2D eigenvalue weighted by Crippen LogP contribution is -2.61. The highest BCUT2D eigenvalue weighted by atomic mass is 32.2. The van der Waals surface area contributed by atoms with E-state index in [1.54, 1.807) is 36.5 Å². The third-order valence-corrected chi connectivity index (χ3v) is 8.65. The summed E-state index contributed by atoms with van der Waals surface area (Å²) in [4.78, 5) is 31.3. The molecule has 2 unspecified atom stereocenters. The molecule has 1 fully saturated rings. The van der Waals surface area contributed by atoms with E-state index in [0.29, 0.717) is 29.4 Å². The lowest BCUT2D eigenvalue weighted by Gasteiger charge is -2.37. The molecular weight excluding hydrogens is 528 g/mol. The van der Waals surface area contributed by atoms with Gasteiger partial charge in [0.15, 0.2) is 5.78 Å². The number of fused-ring (bicyclic) bond motifs is 2. The molecule has 1 saturated heterocycles. The Morgan fingerprint density at radius 3 is 2.38 bits per heavy atom. The summed E-state index contributed by atoms with van der Waals surface area (Å²) in [5, 5.41) is 13.9. The van der Waals surface area contributed by atoms with Gasteiger partial charge in [-0.25, -0.2) is 8.42 Å². The number of hydrogen-bond acceptors (Lipinski definition) is 7. The van der Waals surface area contributed by atoms with Crippen molar-refractivity contribution in [2.45, 2.75) is 30.3 Å². The van der Waals surface area contributed by atoms with E-state index in [4.69, 9.17) is 0 Å². The van der Waals surface area contributed by atoms with Crippen LogP contribution in [0.5, 0.6) is 5.75 Å². The summed E-state index contributed by atoms with van der Waals surface area (Å²) < 4.78 is 29.6. The number of benzene rings is 3. The van der Waals surface area contributed by atoms with Gasteiger partial charge in [0.1, 0.15) is 17.8 Å². The Balaban J connectivity index is 0.000000467. The lowest BCUT2D eigenvalue weighted by atomic mass is 9.95. The summed E-state index contributed by atoms with van der Waals surface area (Å²) in [7, 11) is -4.11. The normalized spacial score (nSPS) is 16.5. The number of phenols is 1. The van der Waals surface area contributed by atoms with E-state index in [1.807, 2.05) is 0 Å². The monoisotopic (exact) mass is 558 g/mol. The van der Waals surface area contributed by atoms with Gasteiger partial charge in [-0.1, -0.05) is 48.5 Å². The van der Waals surface area contributed by atoms with E-state index in [-0.39, 0.29) is 29.4 Å². The molecule has 206 valence electrons. The maximum atomic E-state index is 13.6. The maximum Gasteiger partial charge on any atom is 0.241 e. The SMILES string of the molecule is CC(=O)C1CNCCN1C(=O)C(Cc1ccc(O)cc1)NS(=O)(=O)c1cccc2cnccc12.c1cc2ccc1-2. The van der Waals surface area contributed by atoms with Crippen LogP contribution in [-0.2, 0) is 26.0 Å². The number of ketones is 1. The fraction of sp³-hybridized carbons (Fsp3) is 0.233. The van der Waals surface area contributed by atoms with Gasteiger partial charge >= 0.3 is 0 Å². The second-order valence-electron chi connectivity index (χ2n) is 9.84. The number of nitrogens with zero attached hydrogens (tertiary/aromatic N) is 2. The van der Waals surface area contributed by atoms with Crippen LogP contribution in [0.2, 0.25) is 0 Å². The highest BCUT2D eigenvalue weighted by Crippen LogP contribution is 2.29. The lowest BCUT2D eigenvalue weighted by molar-refractivity contribution is -0.141. The molecular formula is C30H30N4O5S. The number of sulfonamides is 1. The van der Waals surface area contributed by atoms with Gasteiger partial charge in [-0.2, -0.15) is 4.72 Å². The van der Waals surface area contributed by atoms with Crippen molar-refractivity contribution in [2.24, 2.45) is 0 Å². The number of carbonyl (C=O) groups excluding carboxylic acids is 2. The van der Waals surface area contributed by atoms with E-state index in [0.717, 1.165) is 0 Å². The minimum atomic E-state index is -4.11. The van der Waals surface area contributed by atoms with Crippen molar-refractivity contribution in [1.29, 1.82) is 0 Å². The van der Waals surface area contributed by atoms with E-state index in [1.165, 1.54) is 47.3 Å². The molecule has 2 aliphatic carbocycles. The van der Waals surface area contributed by atoms with E-state index in [9.17, 15) is 23.1 Å². The van der Waals surface area contributed by atoms with Crippen LogP contribution in [0, 0.1) is 0 Å². The van der Waals surface area contributed by atoms with Gasteiger partial charge in [-0.05, 0) is 54.3 Å². The van der Waals surface area contributed by atoms with Crippen molar-refractivity contribution >= 4 is 32.5 Å². The smallest absolute Gasteiger partial charge is 0.241 e. The van der Waals surface area contributed by atoms with E-state index in [2.05, 4.69) is 39.3 Å². The highest BCUT2D eigenvalue weighted by Gasteiger charge is 2.36. The van der Waals surface area contributed by atoms with Crippen LogP contribution >= 0.6 is 0 Å². The first-order valence-corrected chi connectivity index (χ1v) is 14.5. The molecule has 3 aliphatic rings. The number of Topliss-reactive ketones (excluding diaryl/α,β-unsaturated/α-hetero) is 1. The van der Waals surface area contributed by atoms with Gasteiger partial charge in [-0.3, -0.25) is 14.6 Å². The van der Waals surface area contributed by atoms with Gasteiger partial charge in [0, 0.05) is 42.8 Å². The number of aromatic hydroxyl groups is 1. The number of aromatic nitrogens is 1. The number of phenolic OH excluding ortho intramolecular Hbond substituents is 1. The molecule has 1 aromatic heterocycles. The van der Waals surface area contributed by atoms with E-state index < -0.39 is 28.0 Å². The Labute approximate surface area is 232 Å². The molecule has 2 aromatic carbocycles. The standard InChI is InChI=1S/C24H26N4O5S.C6H4/c1-16(29)22-15-26-11-12-28(22)24(31)21(13-17-5-7-19(30)8-6-17)27-34(32,33)23-4-2-3-18-14-25-10-9-20(18)23;1-2-6-4-3-5(1)6/h2-10,14,21-22,26-27,30H,11-13,15H2,1H3;1-4H. The number of amides is 1. The fourth-order valence-corrected chi connectivity index (χ4v) is 6.24. The van der Waals surface area contributed by atoms with Crippen molar-refractivity contribution in [3.8, 4) is 16.9 Å². The molecule has 1 aliphatic heterocycles. The Morgan fingerprint density at radius 2 is 1.75 bits per heavy atom. The van der Waals surface area contributed by atoms with Crippen LogP contribution in [0.25, 0.3) is 21.9 Å². The van der Waals surface area contributed by atoms with Gasteiger partial charge in [0.2, 0.25) is 15.9 Å². The Hall–Kier alpha value is -4.12. The van der Waals surface area contributed by atoms with Crippen LogP contribution in [-0.4, -0.2) is 66.8 Å². The Bertz CT molecular complexity index is 1610. The van der Waals surface area contributed by atoms with Gasteiger partial charge in [0.05, 0.1) is 4.90 Å². The van der Waals surface area contributed by atoms with E-state index >= 15 is 0 Å². The van der Waals surface area contributed by atoms with Gasteiger partial charge < -0.3 is 15.3 Å². The maximum absolute atomic E-state index is 13.6. The zero-order valence-corrected chi connectivity index (χ0v) is 22.8. The fourth-order valence-electron chi connectivity index (χ4n) is 4.82. The molecule has 0 bridgehead atoms. The molecule has 0 radical (unpaired) electrons. The minimum absolute atomic E-state index is 0.0411. The topological polar surface area (TPSA) is 129 Å². The zero-order valence-electron chi connectivity index (χ0n) is 21.9. The van der Waals surface area contributed by atoms with Crippen LogP contribution in [0.4, 0.5) is 0 Å². The first-order chi connectivity index (χ1) is 19.2. The van der Waals surface area contributed by atoms with Crippen LogP contribution in [0.3, 0.4) is 0 Å². The molecule has 0 spiro atoms. The highest BCUT2D eigenvalue weighted by molar-refractivity contribution is 7.89. The molecule has 2 atom stereocenters. The molecule has 40 heavy (non-hydrogen) atoms. The largest absolute Gasteiger partial charge is 0.508 e. The minimum Gasteiger partial charge on any atom is -0.508 e. The number of piperazine rings is 1. The summed E-state index contributed by atoms with van der Waals surface area (Å²) in [5.74, 6) is -0.580. The quantitative estimate of drug-likeness (QED) is 0.280. The summed E-state index contributed by atoms with van der Waals surface area (Å²) in [6, 6.07) is 19.4. The third-order valence-electron chi connectivity index (χ3n) is 7.12. The predicted octanol–water partition coefficient (Wildman–Crippen LogP) is 2.89. The number of pyridine rings is 1. The van der Waals surface area contributed by atoms with Crippen molar-refractivity contribution in [2.75, 3.05) is 19.6 Å². The van der Waals surface area contributed by atoms with Crippen molar-refractivity contribution in [3.63, 3.8) is 0 Å². The summed E-state index contributed by atoms with van der Waals surface area (Å²) in [6.45, 7) is 2.53. The molecule has 1 amide bonds. The van der Waals surface area contributed by atoms with Crippen molar-refractivity contribution in [1.82, 2.24) is 19.9 Å². The van der Waals surface area contributed by atoms with Crippen LogP contribution < -0.4 is 10.0 Å². The predicted molar refractivity (Wildman–Crippen MR) is 152 cm³/mol. The average molecular weight is 559 g/mol. The summed E-state index contributed by atoms with van der Waals surface area (Å²) in [5.41, 5.74) is 3.51. The summed E-state index contributed by atoms with van der Waals surface area (Å²) in [6.07, 6.45) is 3.14. The molecule has 0 saturated carbocycles. The van der Waals surface area contributed by atoms with Crippen LogP contribution in [0.15, 0.2) is 90.1 Å². The molecule has 9 nitrogen and oxygen atoms in total. The number of hydrogen-bond donors (Lipinski definition) is 3. The number of nitrogens with one attached hydrogen (secondary N) is 2. The molecule has 3 aromatic rings. The second-order valence-corrected chi connectivity index (χ2v) is 11.5. The van der Waals surface area contributed by atoms with Crippen LogP contribution in [0.1, 0.15) is 12.5 Å².